The van der Waals surface area contributed by atoms with Gasteiger partial charge >= 0.3 is 5.97 Å². The van der Waals surface area contributed by atoms with Crippen LogP contribution >= 0.6 is 0 Å². The van der Waals surface area contributed by atoms with Crippen LogP contribution in [0.5, 0.6) is 0 Å². The largest absolute Gasteiger partial charge is 0.449 e. The van der Waals surface area contributed by atoms with Crippen LogP contribution in [-0.2, 0) is 9.53 Å². The smallest absolute Gasteiger partial charge is 0.338 e. The highest BCUT2D eigenvalue weighted by molar-refractivity contribution is 5.91. The monoisotopic (exact) mass is 235 g/mol. The zero-order valence-electron chi connectivity index (χ0n) is 10.3. The number of benzene rings is 1. The molecule has 92 valence electrons. The zero-order valence-corrected chi connectivity index (χ0v) is 10.3. The van der Waals surface area contributed by atoms with E-state index >= 15 is 0 Å². The van der Waals surface area contributed by atoms with Crippen molar-refractivity contribution in [3.63, 3.8) is 0 Å². The molecule has 1 rings (SSSR count). The minimum Gasteiger partial charge on any atom is -0.449 e. The number of primary amides is 1. The van der Waals surface area contributed by atoms with Gasteiger partial charge in [-0.15, -0.1) is 0 Å². The third-order valence-electron chi connectivity index (χ3n) is 2.50. The first-order chi connectivity index (χ1) is 7.91. The van der Waals surface area contributed by atoms with Crippen LogP contribution < -0.4 is 5.73 Å². The summed E-state index contributed by atoms with van der Waals surface area (Å²) < 4.78 is 4.88. The Kier molecular flexibility index (Phi) is 4.26. The van der Waals surface area contributed by atoms with Crippen molar-refractivity contribution in [2.75, 3.05) is 0 Å². The summed E-state index contributed by atoms with van der Waals surface area (Å²) >= 11 is 0. The number of esters is 1. The highest BCUT2D eigenvalue weighted by Crippen LogP contribution is 2.15. The van der Waals surface area contributed by atoms with Crippen molar-refractivity contribution in [3.8, 4) is 0 Å². The van der Waals surface area contributed by atoms with E-state index in [4.69, 9.17) is 10.5 Å². The van der Waals surface area contributed by atoms with Crippen LogP contribution in [0, 0.1) is 0 Å². The molecule has 0 aliphatic carbocycles. The van der Waals surface area contributed by atoms with Crippen LogP contribution in [0.1, 0.15) is 42.6 Å². The van der Waals surface area contributed by atoms with Crippen molar-refractivity contribution in [2.24, 2.45) is 5.73 Å². The normalized spacial score (nSPS) is 12.2. The van der Waals surface area contributed by atoms with Crippen LogP contribution in [0.25, 0.3) is 0 Å². The lowest BCUT2D eigenvalue weighted by Crippen LogP contribution is -2.30. The number of hydrogen-bond donors (Lipinski definition) is 1. The summed E-state index contributed by atoms with van der Waals surface area (Å²) in [7, 11) is 0. The summed E-state index contributed by atoms with van der Waals surface area (Å²) in [6.45, 7) is 5.59. The lowest BCUT2D eigenvalue weighted by Gasteiger charge is -2.10. The van der Waals surface area contributed by atoms with Gasteiger partial charge < -0.3 is 10.5 Å². The van der Waals surface area contributed by atoms with Crippen LogP contribution in [-0.4, -0.2) is 18.0 Å². The number of amides is 1. The first kappa shape index (κ1) is 13.2. The molecule has 0 radical (unpaired) electrons. The van der Waals surface area contributed by atoms with Crippen molar-refractivity contribution in [3.05, 3.63) is 35.4 Å². The standard InChI is InChI=1S/C13H17NO3/c1-8(2)10-4-6-11(7-5-10)13(16)17-9(3)12(14)15/h4-9H,1-3H3,(H2,14,15)/t9-/m0/s1. The molecule has 17 heavy (non-hydrogen) atoms. The van der Waals surface area contributed by atoms with Crippen molar-refractivity contribution in [2.45, 2.75) is 32.8 Å². The van der Waals surface area contributed by atoms with Gasteiger partial charge in [0.05, 0.1) is 5.56 Å². The Morgan fingerprint density at radius 2 is 1.65 bits per heavy atom. The Bertz CT molecular complexity index is 409. The Balaban J connectivity index is 2.73. The number of carbonyl (C=O) groups is 2. The molecule has 0 aliphatic rings. The van der Waals surface area contributed by atoms with E-state index in [2.05, 4.69) is 13.8 Å². The van der Waals surface area contributed by atoms with Crippen molar-refractivity contribution in [1.82, 2.24) is 0 Å². The molecule has 1 amide bonds. The topological polar surface area (TPSA) is 69.4 Å². The van der Waals surface area contributed by atoms with Gasteiger partial charge in [0.15, 0.2) is 6.10 Å². The molecule has 1 aromatic rings. The first-order valence-electron chi connectivity index (χ1n) is 5.52. The van der Waals surface area contributed by atoms with E-state index in [0.29, 0.717) is 11.5 Å². The second kappa shape index (κ2) is 5.48. The van der Waals surface area contributed by atoms with E-state index < -0.39 is 18.0 Å². The van der Waals surface area contributed by atoms with E-state index in [1.165, 1.54) is 6.92 Å². The predicted molar refractivity (Wildman–Crippen MR) is 64.6 cm³/mol. The third kappa shape index (κ3) is 3.59. The molecule has 0 aromatic heterocycles. The van der Waals surface area contributed by atoms with Gasteiger partial charge in [0.1, 0.15) is 0 Å². The van der Waals surface area contributed by atoms with Gasteiger partial charge in [-0.2, -0.15) is 0 Å². The van der Waals surface area contributed by atoms with Gasteiger partial charge in [-0.1, -0.05) is 26.0 Å². The van der Waals surface area contributed by atoms with Crippen molar-refractivity contribution < 1.29 is 14.3 Å². The van der Waals surface area contributed by atoms with Crippen LogP contribution in [0.3, 0.4) is 0 Å². The molecule has 1 atom stereocenters. The summed E-state index contributed by atoms with van der Waals surface area (Å²) in [5.41, 5.74) is 6.57. The minimum absolute atomic E-state index is 0.407. The maximum absolute atomic E-state index is 11.6. The quantitative estimate of drug-likeness (QED) is 0.809. The van der Waals surface area contributed by atoms with Gasteiger partial charge in [0.25, 0.3) is 5.91 Å². The molecule has 0 spiro atoms. The van der Waals surface area contributed by atoms with Crippen LogP contribution in [0.15, 0.2) is 24.3 Å². The minimum atomic E-state index is -0.910. The lowest BCUT2D eigenvalue weighted by atomic mass is 10.0. The summed E-state index contributed by atoms with van der Waals surface area (Å²) in [6, 6.07) is 7.11. The van der Waals surface area contributed by atoms with Gasteiger partial charge in [-0.3, -0.25) is 4.79 Å². The number of carbonyl (C=O) groups excluding carboxylic acids is 2. The number of rotatable bonds is 4. The zero-order chi connectivity index (χ0) is 13.0. The molecule has 0 fully saturated rings. The fraction of sp³-hybridized carbons (Fsp3) is 0.385. The molecule has 4 nitrogen and oxygen atoms in total. The fourth-order valence-electron chi connectivity index (χ4n) is 1.29. The van der Waals surface area contributed by atoms with Gasteiger partial charge in [0.2, 0.25) is 0 Å². The number of hydrogen-bond acceptors (Lipinski definition) is 3. The Labute approximate surface area is 101 Å². The summed E-state index contributed by atoms with van der Waals surface area (Å²) in [6.07, 6.45) is -0.910. The van der Waals surface area contributed by atoms with E-state index in [1.54, 1.807) is 12.1 Å². The van der Waals surface area contributed by atoms with Crippen LogP contribution in [0.4, 0.5) is 0 Å². The SMILES string of the molecule is CC(C)c1ccc(C(=O)O[C@@H](C)C(N)=O)cc1. The predicted octanol–water partition coefficient (Wildman–Crippen LogP) is 1.84. The molecule has 4 heteroatoms. The van der Waals surface area contributed by atoms with Gasteiger partial charge in [-0.05, 0) is 30.5 Å². The molecular formula is C13H17NO3. The molecule has 0 aliphatic heterocycles. The third-order valence-corrected chi connectivity index (χ3v) is 2.50. The molecule has 0 saturated heterocycles. The second-order valence-corrected chi connectivity index (χ2v) is 4.23. The highest BCUT2D eigenvalue weighted by atomic mass is 16.5. The summed E-state index contributed by atoms with van der Waals surface area (Å²) in [5.74, 6) is -0.784. The van der Waals surface area contributed by atoms with Crippen LogP contribution in [0.2, 0.25) is 0 Å². The lowest BCUT2D eigenvalue weighted by molar-refractivity contribution is -0.125. The maximum atomic E-state index is 11.6. The van der Waals surface area contributed by atoms with Gasteiger partial charge in [-0.25, -0.2) is 4.79 Å². The number of ether oxygens (including phenoxy) is 1. The highest BCUT2D eigenvalue weighted by Gasteiger charge is 2.15. The average molecular weight is 235 g/mol. The molecule has 2 N–H and O–H groups in total. The molecule has 0 bridgehead atoms. The molecule has 1 aromatic carbocycles. The Morgan fingerprint density at radius 3 is 2.06 bits per heavy atom. The Morgan fingerprint density at radius 1 is 1.12 bits per heavy atom. The average Bonchev–Trinajstić information content (AvgIpc) is 2.28. The van der Waals surface area contributed by atoms with E-state index in [-0.39, 0.29) is 0 Å². The summed E-state index contributed by atoms with van der Waals surface area (Å²) in [5, 5.41) is 0. The van der Waals surface area contributed by atoms with E-state index in [9.17, 15) is 9.59 Å². The fourth-order valence-corrected chi connectivity index (χ4v) is 1.29. The van der Waals surface area contributed by atoms with Crippen molar-refractivity contribution in [1.29, 1.82) is 0 Å². The molecule has 0 saturated carbocycles. The molecule has 0 unspecified atom stereocenters. The number of nitrogens with two attached hydrogens (primary N) is 1. The summed E-state index contributed by atoms with van der Waals surface area (Å²) in [4.78, 5) is 22.4. The first-order valence-corrected chi connectivity index (χ1v) is 5.52. The van der Waals surface area contributed by atoms with E-state index in [1.807, 2.05) is 12.1 Å². The van der Waals surface area contributed by atoms with E-state index in [0.717, 1.165) is 5.56 Å². The van der Waals surface area contributed by atoms with Gasteiger partial charge in [0, 0.05) is 0 Å². The second-order valence-electron chi connectivity index (χ2n) is 4.23. The molecule has 0 heterocycles. The van der Waals surface area contributed by atoms with Crippen molar-refractivity contribution >= 4 is 11.9 Å². The molecular weight excluding hydrogens is 218 g/mol. The Hall–Kier alpha value is -1.84. The maximum Gasteiger partial charge on any atom is 0.338 e.